The number of nitrogens with one attached hydrogen (secondary N) is 1. The molecule has 0 unspecified atom stereocenters. The summed E-state index contributed by atoms with van der Waals surface area (Å²) in [5.41, 5.74) is 2.60. The van der Waals surface area contributed by atoms with Crippen LogP contribution < -0.4 is 5.32 Å². The third kappa shape index (κ3) is 3.33. The predicted octanol–water partition coefficient (Wildman–Crippen LogP) is 5.45. The Balaban J connectivity index is 2.07. The van der Waals surface area contributed by atoms with Crippen LogP contribution in [0.4, 0.5) is 5.69 Å². The van der Waals surface area contributed by atoms with E-state index in [9.17, 15) is 0 Å². The fourth-order valence-corrected chi connectivity index (χ4v) is 3.78. The highest BCUT2D eigenvalue weighted by Gasteiger charge is 2.04. The quantitative estimate of drug-likeness (QED) is 0.750. The molecule has 0 aliphatic carbocycles. The number of halogens is 2. The zero-order valence-corrected chi connectivity index (χ0v) is 13.5. The fourth-order valence-electron chi connectivity index (χ4n) is 1.66. The van der Waals surface area contributed by atoms with Gasteiger partial charge in [-0.2, -0.15) is 0 Å². The largest absolute Gasteiger partial charge is 0.380 e. The summed E-state index contributed by atoms with van der Waals surface area (Å²) in [7, 11) is 0. The molecule has 2 rings (SSSR count). The van der Waals surface area contributed by atoms with E-state index in [1.807, 2.05) is 0 Å². The van der Waals surface area contributed by atoms with E-state index >= 15 is 0 Å². The van der Waals surface area contributed by atoms with Crippen molar-refractivity contribution in [3.05, 3.63) is 49.0 Å². The average Bonchev–Trinajstić information content (AvgIpc) is 2.66. The van der Waals surface area contributed by atoms with Crippen molar-refractivity contribution in [2.24, 2.45) is 0 Å². The molecule has 0 amide bonds. The summed E-state index contributed by atoms with van der Waals surface area (Å²) in [5.74, 6) is 0. The van der Waals surface area contributed by atoms with Gasteiger partial charge in [-0.25, -0.2) is 0 Å². The molecule has 4 heteroatoms. The summed E-state index contributed by atoms with van der Waals surface area (Å²) in [5, 5.41) is 3.49. The van der Waals surface area contributed by atoms with Crippen LogP contribution >= 0.6 is 43.2 Å². The third-order valence-corrected chi connectivity index (χ3v) is 5.80. The fraction of sp³-hybridized carbons (Fsp3) is 0.231. The van der Waals surface area contributed by atoms with E-state index in [2.05, 4.69) is 74.4 Å². The van der Waals surface area contributed by atoms with Crippen LogP contribution in [0.1, 0.15) is 17.4 Å². The number of benzene rings is 1. The number of rotatable bonds is 4. The lowest BCUT2D eigenvalue weighted by atomic mass is 10.1. The molecule has 0 spiro atoms. The van der Waals surface area contributed by atoms with Crippen LogP contribution in [0.2, 0.25) is 0 Å². The van der Waals surface area contributed by atoms with Gasteiger partial charge in [0.15, 0.2) is 0 Å². The van der Waals surface area contributed by atoms with Crippen molar-refractivity contribution in [1.29, 1.82) is 0 Å². The van der Waals surface area contributed by atoms with Crippen molar-refractivity contribution in [2.75, 3.05) is 5.32 Å². The van der Waals surface area contributed by atoms with Gasteiger partial charge >= 0.3 is 0 Å². The van der Waals surface area contributed by atoms with E-state index in [1.54, 1.807) is 11.3 Å². The van der Waals surface area contributed by atoms with Crippen LogP contribution in [0, 0.1) is 0 Å². The summed E-state index contributed by atoms with van der Waals surface area (Å²) in [4.78, 5) is 1.31. The highest BCUT2D eigenvalue weighted by molar-refractivity contribution is 9.13. The lowest BCUT2D eigenvalue weighted by Crippen LogP contribution is -2.00. The maximum absolute atomic E-state index is 3.51. The van der Waals surface area contributed by atoms with Crippen LogP contribution in [-0.2, 0) is 13.0 Å². The molecule has 0 fully saturated rings. The minimum atomic E-state index is 0.867. The summed E-state index contributed by atoms with van der Waals surface area (Å²) >= 11 is 8.77. The van der Waals surface area contributed by atoms with E-state index in [4.69, 9.17) is 0 Å². The summed E-state index contributed by atoms with van der Waals surface area (Å²) in [6, 6.07) is 10.6. The molecule has 0 saturated carbocycles. The van der Waals surface area contributed by atoms with Gasteiger partial charge in [0.1, 0.15) is 0 Å². The molecule has 2 aromatic rings. The maximum atomic E-state index is 3.51. The van der Waals surface area contributed by atoms with Crippen LogP contribution in [0.5, 0.6) is 0 Å². The second kappa shape index (κ2) is 6.03. The molecule has 1 aromatic carbocycles. The Morgan fingerprint density at radius 3 is 2.65 bits per heavy atom. The van der Waals surface area contributed by atoms with Gasteiger partial charge in [-0.05, 0) is 56.0 Å². The monoisotopic (exact) mass is 373 g/mol. The molecule has 1 heterocycles. The molecule has 1 nitrogen and oxygen atoms in total. The number of para-hydroxylation sites is 1. The summed E-state index contributed by atoms with van der Waals surface area (Å²) in [6.07, 6.45) is 1.06. The van der Waals surface area contributed by atoms with Crippen molar-refractivity contribution in [3.8, 4) is 0 Å². The van der Waals surface area contributed by atoms with Gasteiger partial charge < -0.3 is 5.32 Å². The van der Waals surface area contributed by atoms with Crippen LogP contribution in [0.25, 0.3) is 0 Å². The van der Waals surface area contributed by atoms with Gasteiger partial charge in [0.25, 0.3) is 0 Å². The minimum Gasteiger partial charge on any atom is -0.380 e. The van der Waals surface area contributed by atoms with Crippen molar-refractivity contribution in [1.82, 2.24) is 0 Å². The highest BCUT2D eigenvalue weighted by atomic mass is 79.9. The number of anilines is 1. The standard InChI is InChI=1S/C13H13Br2NS/c1-2-9-5-3-4-6-12(9)16-8-10-7-11(14)13(15)17-10/h3-7,16H,2,8H2,1H3. The molecule has 0 atom stereocenters. The van der Waals surface area contributed by atoms with Crippen LogP contribution in [0.3, 0.4) is 0 Å². The number of hydrogen-bond donors (Lipinski definition) is 1. The number of hydrogen-bond acceptors (Lipinski definition) is 2. The van der Waals surface area contributed by atoms with E-state index in [1.165, 1.54) is 16.1 Å². The maximum Gasteiger partial charge on any atom is 0.0843 e. The predicted molar refractivity (Wildman–Crippen MR) is 82.9 cm³/mol. The van der Waals surface area contributed by atoms with Crippen molar-refractivity contribution in [2.45, 2.75) is 19.9 Å². The van der Waals surface area contributed by atoms with Gasteiger partial charge in [0.2, 0.25) is 0 Å². The first-order chi connectivity index (χ1) is 8.20. The van der Waals surface area contributed by atoms with Crippen LogP contribution in [-0.4, -0.2) is 0 Å². The first-order valence-electron chi connectivity index (χ1n) is 5.46. The Kier molecular flexibility index (Phi) is 4.65. The Hall–Kier alpha value is -0.320. The Bertz CT molecular complexity index is 488. The zero-order chi connectivity index (χ0) is 12.3. The molecule has 0 aliphatic heterocycles. The van der Waals surface area contributed by atoms with Crippen molar-refractivity contribution < 1.29 is 0 Å². The lowest BCUT2D eigenvalue weighted by Gasteiger charge is -2.09. The molecule has 1 aromatic heterocycles. The van der Waals surface area contributed by atoms with Gasteiger partial charge in [0.05, 0.1) is 3.79 Å². The van der Waals surface area contributed by atoms with Gasteiger partial charge in [0, 0.05) is 21.6 Å². The molecule has 17 heavy (non-hydrogen) atoms. The van der Waals surface area contributed by atoms with Crippen molar-refractivity contribution >= 4 is 48.9 Å². The average molecular weight is 375 g/mol. The number of aryl methyl sites for hydroxylation is 1. The molecule has 90 valence electrons. The summed E-state index contributed by atoms with van der Waals surface area (Å²) in [6.45, 7) is 3.05. The third-order valence-electron chi connectivity index (χ3n) is 2.55. The Labute approximate surface area is 123 Å². The molecule has 0 radical (unpaired) electrons. The lowest BCUT2D eigenvalue weighted by molar-refractivity contribution is 1.11. The molecular weight excluding hydrogens is 362 g/mol. The summed E-state index contributed by atoms with van der Waals surface area (Å²) < 4.78 is 2.28. The van der Waals surface area contributed by atoms with E-state index in [0.717, 1.165) is 21.2 Å². The van der Waals surface area contributed by atoms with E-state index in [-0.39, 0.29) is 0 Å². The molecule has 1 N–H and O–H groups in total. The van der Waals surface area contributed by atoms with Gasteiger partial charge in [-0.15, -0.1) is 11.3 Å². The van der Waals surface area contributed by atoms with Crippen molar-refractivity contribution in [3.63, 3.8) is 0 Å². The number of thiophene rings is 1. The smallest absolute Gasteiger partial charge is 0.0843 e. The van der Waals surface area contributed by atoms with E-state index in [0.29, 0.717) is 0 Å². The Morgan fingerprint density at radius 1 is 1.24 bits per heavy atom. The first-order valence-corrected chi connectivity index (χ1v) is 7.86. The van der Waals surface area contributed by atoms with Gasteiger partial charge in [-0.1, -0.05) is 25.1 Å². The molecule has 0 bridgehead atoms. The zero-order valence-electron chi connectivity index (χ0n) is 9.47. The molecular formula is C13H13Br2NS. The highest BCUT2D eigenvalue weighted by Crippen LogP contribution is 2.32. The molecule has 0 saturated heterocycles. The SMILES string of the molecule is CCc1ccccc1NCc1cc(Br)c(Br)s1. The van der Waals surface area contributed by atoms with E-state index < -0.39 is 0 Å². The van der Waals surface area contributed by atoms with Gasteiger partial charge in [-0.3, -0.25) is 0 Å². The second-order valence-electron chi connectivity index (χ2n) is 3.70. The molecule has 0 aliphatic rings. The topological polar surface area (TPSA) is 12.0 Å². The second-order valence-corrected chi connectivity index (χ2v) is 7.01. The minimum absolute atomic E-state index is 0.867. The Morgan fingerprint density at radius 2 is 2.00 bits per heavy atom. The normalized spacial score (nSPS) is 10.5. The van der Waals surface area contributed by atoms with Crippen LogP contribution in [0.15, 0.2) is 38.6 Å². The first kappa shape index (κ1) is 13.1.